The number of nitrogens with zero attached hydrogens (tertiary/aromatic N) is 1. The summed E-state index contributed by atoms with van der Waals surface area (Å²) < 4.78 is 4.64. The van der Waals surface area contributed by atoms with Gasteiger partial charge in [-0.15, -0.1) is 0 Å². The van der Waals surface area contributed by atoms with Crippen molar-refractivity contribution in [1.82, 2.24) is 10.2 Å². The Kier molecular flexibility index (Phi) is 5.14. The molecule has 0 aromatic carbocycles. The van der Waals surface area contributed by atoms with E-state index in [4.69, 9.17) is 0 Å². The van der Waals surface area contributed by atoms with Crippen molar-refractivity contribution in [3.8, 4) is 0 Å². The predicted octanol–water partition coefficient (Wildman–Crippen LogP) is 0.559. The van der Waals surface area contributed by atoms with Gasteiger partial charge in [0.1, 0.15) is 5.54 Å². The van der Waals surface area contributed by atoms with E-state index in [-0.39, 0.29) is 18.2 Å². The molecule has 0 bridgehead atoms. The number of hydrogen-bond acceptors (Lipinski definition) is 4. The van der Waals surface area contributed by atoms with Gasteiger partial charge in [0.15, 0.2) is 0 Å². The molecule has 1 saturated heterocycles. The van der Waals surface area contributed by atoms with Gasteiger partial charge in [0, 0.05) is 19.5 Å². The quantitative estimate of drug-likeness (QED) is 0.748. The summed E-state index contributed by atoms with van der Waals surface area (Å²) in [4.78, 5) is 37.2. The van der Waals surface area contributed by atoms with E-state index in [1.807, 2.05) is 13.8 Å². The molecular weight excluding hydrogens is 260 g/mol. The van der Waals surface area contributed by atoms with Gasteiger partial charge in [0.05, 0.1) is 13.0 Å². The maximum Gasteiger partial charge on any atom is 0.330 e. The summed E-state index contributed by atoms with van der Waals surface area (Å²) in [5.41, 5.74) is -1.08. The zero-order chi connectivity index (χ0) is 15.5. The molecule has 0 saturated carbocycles. The second kappa shape index (κ2) is 6.24. The zero-order valence-corrected chi connectivity index (χ0v) is 12.9. The summed E-state index contributed by atoms with van der Waals surface area (Å²) in [6.07, 6.45) is 0.204. The number of amides is 2. The van der Waals surface area contributed by atoms with Crippen LogP contribution in [0.1, 0.15) is 34.1 Å². The summed E-state index contributed by atoms with van der Waals surface area (Å²) in [7, 11) is 1.28. The average molecular weight is 284 g/mol. The summed E-state index contributed by atoms with van der Waals surface area (Å²) in [6.45, 7) is 8.30. The van der Waals surface area contributed by atoms with Crippen molar-refractivity contribution in [1.29, 1.82) is 0 Å². The normalized spacial score (nSPS) is 19.4. The Morgan fingerprint density at radius 1 is 1.45 bits per heavy atom. The molecule has 0 aromatic rings. The first kappa shape index (κ1) is 16.5. The van der Waals surface area contributed by atoms with Gasteiger partial charge in [0.25, 0.3) is 0 Å². The molecule has 1 N–H and O–H groups in total. The lowest BCUT2D eigenvalue weighted by molar-refractivity contribution is -0.149. The highest BCUT2D eigenvalue weighted by molar-refractivity contribution is 5.92. The first-order valence-electron chi connectivity index (χ1n) is 6.85. The second-order valence-corrected chi connectivity index (χ2v) is 6.20. The van der Waals surface area contributed by atoms with Crippen LogP contribution in [0.2, 0.25) is 0 Å². The molecule has 0 unspecified atom stereocenters. The molecule has 1 aliphatic heterocycles. The van der Waals surface area contributed by atoms with Gasteiger partial charge < -0.3 is 15.0 Å². The molecule has 0 aliphatic carbocycles. The van der Waals surface area contributed by atoms with E-state index >= 15 is 0 Å². The molecule has 1 rings (SSSR count). The number of methoxy groups -OCH3 is 1. The lowest BCUT2D eigenvalue weighted by Crippen LogP contribution is -2.52. The minimum absolute atomic E-state index is 0.00489. The van der Waals surface area contributed by atoms with E-state index in [9.17, 15) is 14.4 Å². The highest BCUT2D eigenvalue weighted by Crippen LogP contribution is 2.20. The number of rotatable bonds is 5. The van der Waals surface area contributed by atoms with Crippen LogP contribution in [0, 0.1) is 11.8 Å². The highest BCUT2D eigenvalue weighted by Gasteiger charge is 2.38. The predicted molar refractivity (Wildman–Crippen MR) is 73.8 cm³/mol. The SMILES string of the molecule is COC(=O)C(C)(C)NC(=O)[C@H]1CC(=O)N(CC(C)C)C1. The Labute approximate surface area is 119 Å². The highest BCUT2D eigenvalue weighted by atomic mass is 16.5. The van der Waals surface area contributed by atoms with Gasteiger partial charge in [-0.25, -0.2) is 4.79 Å². The van der Waals surface area contributed by atoms with Gasteiger partial charge in [-0.1, -0.05) is 13.8 Å². The maximum absolute atomic E-state index is 12.2. The number of carbonyl (C=O) groups is 3. The fraction of sp³-hybridized carbons (Fsp3) is 0.786. The molecule has 6 nitrogen and oxygen atoms in total. The van der Waals surface area contributed by atoms with Crippen molar-refractivity contribution in [3.05, 3.63) is 0 Å². The molecular formula is C14H24N2O4. The standard InChI is InChI=1S/C14H24N2O4/c1-9(2)7-16-8-10(6-11(16)17)12(18)15-14(3,4)13(19)20-5/h9-10H,6-8H2,1-5H3,(H,15,18)/t10-/m0/s1. The number of ether oxygens (including phenoxy) is 1. The number of esters is 1. The van der Waals surface area contributed by atoms with E-state index in [2.05, 4.69) is 10.1 Å². The molecule has 6 heteroatoms. The minimum Gasteiger partial charge on any atom is -0.467 e. The third-order valence-corrected chi connectivity index (χ3v) is 3.30. The number of nitrogens with one attached hydrogen (secondary N) is 1. The second-order valence-electron chi connectivity index (χ2n) is 6.20. The van der Waals surface area contributed by atoms with Crippen molar-refractivity contribution in [3.63, 3.8) is 0 Å². The topological polar surface area (TPSA) is 75.7 Å². The number of hydrogen-bond donors (Lipinski definition) is 1. The lowest BCUT2D eigenvalue weighted by atomic mass is 10.0. The Bertz CT molecular complexity index is 404. The van der Waals surface area contributed by atoms with Gasteiger partial charge in [-0.05, 0) is 19.8 Å². The van der Waals surface area contributed by atoms with E-state index in [0.717, 1.165) is 0 Å². The zero-order valence-electron chi connectivity index (χ0n) is 12.9. The smallest absolute Gasteiger partial charge is 0.330 e. The fourth-order valence-corrected chi connectivity index (χ4v) is 2.28. The van der Waals surface area contributed by atoms with Crippen molar-refractivity contribution >= 4 is 17.8 Å². The molecule has 20 heavy (non-hydrogen) atoms. The number of carbonyl (C=O) groups excluding carboxylic acids is 3. The largest absolute Gasteiger partial charge is 0.467 e. The monoisotopic (exact) mass is 284 g/mol. The van der Waals surface area contributed by atoms with Gasteiger partial charge in [0.2, 0.25) is 11.8 Å². The van der Waals surface area contributed by atoms with E-state index in [0.29, 0.717) is 19.0 Å². The summed E-state index contributed by atoms with van der Waals surface area (Å²) in [5.74, 6) is -0.818. The average Bonchev–Trinajstić information content (AvgIpc) is 2.68. The molecule has 114 valence electrons. The van der Waals surface area contributed by atoms with Gasteiger partial charge in [-0.3, -0.25) is 9.59 Å². The first-order chi connectivity index (χ1) is 9.17. The molecule has 2 amide bonds. The summed E-state index contributed by atoms with van der Waals surface area (Å²) in [5, 5.41) is 2.65. The van der Waals surface area contributed by atoms with Crippen molar-refractivity contribution in [2.24, 2.45) is 11.8 Å². The summed E-state index contributed by atoms with van der Waals surface area (Å²) >= 11 is 0. The molecule has 0 spiro atoms. The molecule has 0 radical (unpaired) electrons. The summed E-state index contributed by atoms with van der Waals surface area (Å²) in [6, 6.07) is 0. The Morgan fingerprint density at radius 3 is 2.55 bits per heavy atom. The van der Waals surface area contributed by atoms with Crippen LogP contribution in [0.5, 0.6) is 0 Å². The Morgan fingerprint density at radius 2 is 2.05 bits per heavy atom. The van der Waals surface area contributed by atoms with Crippen LogP contribution in [0.4, 0.5) is 0 Å². The van der Waals surface area contributed by atoms with Crippen molar-refractivity contribution < 1.29 is 19.1 Å². The first-order valence-corrected chi connectivity index (χ1v) is 6.85. The van der Waals surface area contributed by atoms with Crippen molar-refractivity contribution in [2.75, 3.05) is 20.2 Å². The number of likely N-dealkylation sites (tertiary alicyclic amines) is 1. The molecule has 1 fully saturated rings. The van der Waals surface area contributed by atoms with Crippen LogP contribution in [0.25, 0.3) is 0 Å². The maximum atomic E-state index is 12.2. The van der Waals surface area contributed by atoms with Gasteiger partial charge in [-0.2, -0.15) is 0 Å². The van der Waals surface area contributed by atoms with E-state index in [1.54, 1.807) is 18.7 Å². The Balaban J connectivity index is 2.62. The van der Waals surface area contributed by atoms with Gasteiger partial charge >= 0.3 is 5.97 Å². The van der Waals surface area contributed by atoms with Crippen LogP contribution in [-0.2, 0) is 19.1 Å². The fourth-order valence-electron chi connectivity index (χ4n) is 2.28. The molecule has 0 aromatic heterocycles. The molecule has 1 atom stereocenters. The third kappa shape index (κ3) is 3.95. The van der Waals surface area contributed by atoms with E-state index in [1.165, 1.54) is 7.11 Å². The van der Waals surface area contributed by atoms with Crippen LogP contribution >= 0.6 is 0 Å². The lowest BCUT2D eigenvalue weighted by Gasteiger charge is -2.25. The van der Waals surface area contributed by atoms with Crippen LogP contribution in [0.15, 0.2) is 0 Å². The Hall–Kier alpha value is -1.59. The van der Waals surface area contributed by atoms with Crippen molar-refractivity contribution in [2.45, 2.75) is 39.7 Å². The third-order valence-electron chi connectivity index (χ3n) is 3.30. The van der Waals surface area contributed by atoms with E-state index < -0.39 is 17.4 Å². The van der Waals surface area contributed by atoms with Crippen LogP contribution < -0.4 is 5.32 Å². The minimum atomic E-state index is -1.08. The molecule has 1 aliphatic rings. The molecule has 1 heterocycles. The van der Waals surface area contributed by atoms with Crippen LogP contribution in [0.3, 0.4) is 0 Å². The van der Waals surface area contributed by atoms with Crippen LogP contribution in [-0.4, -0.2) is 48.4 Å².